The lowest BCUT2D eigenvalue weighted by Crippen LogP contribution is -2.29. The van der Waals surface area contributed by atoms with Crippen molar-refractivity contribution in [2.24, 2.45) is 0 Å². The first-order valence-corrected chi connectivity index (χ1v) is 10.5. The highest BCUT2D eigenvalue weighted by Gasteiger charge is 2.29. The molecule has 0 bridgehead atoms. The van der Waals surface area contributed by atoms with E-state index in [1.165, 1.54) is 13.5 Å². The summed E-state index contributed by atoms with van der Waals surface area (Å²) < 4.78 is 7.00. The fourth-order valence-corrected chi connectivity index (χ4v) is 4.58. The second-order valence-electron chi connectivity index (χ2n) is 8.02. The number of anilines is 1. The van der Waals surface area contributed by atoms with Gasteiger partial charge < -0.3 is 14.2 Å². The molecule has 0 unspecified atom stereocenters. The minimum absolute atomic E-state index is 0.0664. The summed E-state index contributed by atoms with van der Waals surface area (Å²) in [4.78, 5) is 36.8. The Bertz CT molecular complexity index is 1180. The molecule has 2 aliphatic rings. The number of hydrogen-bond acceptors (Lipinski definition) is 5. The summed E-state index contributed by atoms with van der Waals surface area (Å²) in [5.41, 5.74) is 5.26. The lowest BCUT2D eigenvalue weighted by Gasteiger charge is -2.18. The van der Waals surface area contributed by atoms with Gasteiger partial charge in [0.2, 0.25) is 0 Å². The summed E-state index contributed by atoms with van der Waals surface area (Å²) >= 11 is 0. The van der Waals surface area contributed by atoms with Crippen molar-refractivity contribution in [1.82, 2.24) is 14.5 Å². The molecule has 7 nitrogen and oxygen atoms in total. The molecule has 0 fully saturated rings. The Hall–Kier alpha value is -3.22. The Kier molecular flexibility index (Phi) is 4.53. The Morgan fingerprint density at radius 1 is 1.03 bits per heavy atom. The van der Waals surface area contributed by atoms with Crippen molar-refractivity contribution in [2.45, 2.75) is 45.6 Å². The average Bonchev–Trinajstić information content (AvgIpc) is 3.24. The number of carbonyl (C=O) groups is 2. The molecular weight excluding hydrogens is 380 g/mol. The van der Waals surface area contributed by atoms with Crippen LogP contribution in [0.25, 0.3) is 11.2 Å². The van der Waals surface area contributed by atoms with Gasteiger partial charge in [-0.1, -0.05) is 6.42 Å². The van der Waals surface area contributed by atoms with Gasteiger partial charge in [-0.3, -0.25) is 4.79 Å². The van der Waals surface area contributed by atoms with E-state index in [1.54, 1.807) is 11.0 Å². The van der Waals surface area contributed by atoms with Crippen molar-refractivity contribution < 1.29 is 14.3 Å². The van der Waals surface area contributed by atoms with Gasteiger partial charge in [-0.25, -0.2) is 14.8 Å². The minimum Gasteiger partial charge on any atom is -0.465 e. The third-order valence-corrected chi connectivity index (χ3v) is 6.06. The van der Waals surface area contributed by atoms with Gasteiger partial charge in [-0.15, -0.1) is 0 Å². The Morgan fingerprint density at radius 3 is 2.73 bits per heavy atom. The van der Waals surface area contributed by atoms with E-state index in [2.05, 4.69) is 4.57 Å². The van der Waals surface area contributed by atoms with Gasteiger partial charge in [0.25, 0.3) is 5.91 Å². The van der Waals surface area contributed by atoms with Crippen LogP contribution in [0.4, 0.5) is 5.69 Å². The number of hydrogen-bond donors (Lipinski definition) is 0. The summed E-state index contributed by atoms with van der Waals surface area (Å²) in [6, 6.07) is 7.21. The summed E-state index contributed by atoms with van der Waals surface area (Å²) in [6.07, 6.45) is 5.05. The first-order valence-electron chi connectivity index (χ1n) is 10.5. The smallest absolute Gasteiger partial charge is 0.337 e. The SMILES string of the molecule is COC(=O)c1ccc2c(c1)CCN2C(=O)c1cc(C)nc2c1nc1n2CCCCC1. The summed E-state index contributed by atoms with van der Waals surface area (Å²) in [7, 11) is 1.37. The molecule has 4 heterocycles. The maximum absolute atomic E-state index is 13.6. The van der Waals surface area contributed by atoms with E-state index in [0.717, 1.165) is 54.2 Å². The van der Waals surface area contributed by atoms with Gasteiger partial charge in [0.1, 0.15) is 11.3 Å². The van der Waals surface area contributed by atoms with Crippen molar-refractivity contribution in [3.05, 3.63) is 52.5 Å². The van der Waals surface area contributed by atoms with Crippen molar-refractivity contribution in [1.29, 1.82) is 0 Å². The van der Waals surface area contributed by atoms with Gasteiger partial charge in [-0.2, -0.15) is 0 Å². The van der Waals surface area contributed by atoms with Crippen LogP contribution >= 0.6 is 0 Å². The number of aryl methyl sites for hydroxylation is 3. The lowest BCUT2D eigenvalue weighted by atomic mass is 10.1. The van der Waals surface area contributed by atoms with Crippen molar-refractivity contribution in [3.8, 4) is 0 Å². The number of aromatic nitrogens is 3. The van der Waals surface area contributed by atoms with E-state index in [4.69, 9.17) is 14.7 Å². The summed E-state index contributed by atoms with van der Waals surface area (Å²) in [5, 5.41) is 0. The number of ether oxygens (including phenoxy) is 1. The molecule has 0 saturated heterocycles. The molecule has 2 aromatic heterocycles. The van der Waals surface area contributed by atoms with Crippen LogP contribution in [-0.2, 0) is 24.1 Å². The third kappa shape index (κ3) is 2.96. The van der Waals surface area contributed by atoms with Gasteiger partial charge in [0.05, 0.1) is 18.2 Å². The average molecular weight is 404 g/mol. The van der Waals surface area contributed by atoms with Crippen LogP contribution in [0, 0.1) is 6.92 Å². The highest BCUT2D eigenvalue weighted by atomic mass is 16.5. The first kappa shape index (κ1) is 18.8. The van der Waals surface area contributed by atoms with Crippen LogP contribution in [0.5, 0.6) is 0 Å². The number of carbonyl (C=O) groups excluding carboxylic acids is 2. The lowest BCUT2D eigenvalue weighted by molar-refractivity contribution is 0.0600. The zero-order valence-electron chi connectivity index (χ0n) is 17.3. The predicted octanol–water partition coefficient (Wildman–Crippen LogP) is 3.46. The molecule has 0 radical (unpaired) electrons. The molecule has 30 heavy (non-hydrogen) atoms. The molecule has 2 aliphatic heterocycles. The molecular formula is C23H24N4O3. The number of rotatable bonds is 2. The van der Waals surface area contributed by atoms with Crippen LogP contribution in [0.1, 0.15) is 57.1 Å². The van der Waals surface area contributed by atoms with Crippen LogP contribution in [0.3, 0.4) is 0 Å². The number of fused-ring (bicyclic) bond motifs is 4. The topological polar surface area (TPSA) is 77.3 Å². The quantitative estimate of drug-likeness (QED) is 0.612. The number of amides is 1. The zero-order valence-corrected chi connectivity index (χ0v) is 17.3. The highest BCUT2D eigenvalue weighted by Crippen LogP contribution is 2.32. The number of esters is 1. The number of nitrogens with zero attached hydrogens (tertiary/aromatic N) is 4. The number of methoxy groups -OCH3 is 1. The molecule has 7 heteroatoms. The van der Waals surface area contributed by atoms with Crippen molar-refractivity contribution in [3.63, 3.8) is 0 Å². The van der Waals surface area contributed by atoms with E-state index in [-0.39, 0.29) is 11.9 Å². The number of pyridine rings is 1. The Labute approximate surface area is 174 Å². The molecule has 0 aliphatic carbocycles. The predicted molar refractivity (Wildman–Crippen MR) is 113 cm³/mol. The zero-order chi connectivity index (χ0) is 20.8. The van der Waals surface area contributed by atoms with Gasteiger partial charge >= 0.3 is 5.97 Å². The molecule has 1 aromatic carbocycles. The Morgan fingerprint density at radius 2 is 1.90 bits per heavy atom. The van der Waals surface area contributed by atoms with E-state index in [1.807, 2.05) is 25.1 Å². The second kappa shape index (κ2) is 7.23. The van der Waals surface area contributed by atoms with E-state index in [9.17, 15) is 9.59 Å². The third-order valence-electron chi connectivity index (χ3n) is 6.06. The maximum atomic E-state index is 13.6. The Balaban J connectivity index is 1.56. The summed E-state index contributed by atoms with van der Waals surface area (Å²) in [5.74, 6) is 0.594. The monoisotopic (exact) mass is 404 g/mol. The van der Waals surface area contributed by atoms with Crippen LogP contribution in [0.15, 0.2) is 24.3 Å². The van der Waals surface area contributed by atoms with E-state index < -0.39 is 0 Å². The van der Waals surface area contributed by atoms with Crippen molar-refractivity contribution >= 4 is 28.7 Å². The standard InChI is InChI=1S/C23H24N4O3/c1-14-12-17(20-21(24-14)27-10-5-3-4-6-19(27)25-20)22(28)26-11-9-15-13-16(23(29)30-2)7-8-18(15)26/h7-8,12-13H,3-6,9-11H2,1-2H3. The first-order chi connectivity index (χ1) is 14.6. The minimum atomic E-state index is -0.367. The molecule has 154 valence electrons. The van der Waals surface area contributed by atoms with E-state index >= 15 is 0 Å². The van der Waals surface area contributed by atoms with Crippen molar-refractivity contribution in [2.75, 3.05) is 18.6 Å². The fraction of sp³-hybridized carbons (Fsp3) is 0.391. The van der Waals surface area contributed by atoms with Crippen LogP contribution in [0.2, 0.25) is 0 Å². The number of benzene rings is 1. The molecule has 0 N–H and O–H groups in total. The second-order valence-corrected chi connectivity index (χ2v) is 8.02. The normalized spacial score (nSPS) is 15.6. The summed E-state index contributed by atoms with van der Waals surface area (Å²) in [6.45, 7) is 3.40. The highest BCUT2D eigenvalue weighted by molar-refractivity contribution is 6.13. The molecule has 5 rings (SSSR count). The number of imidazole rings is 1. The molecule has 3 aromatic rings. The van der Waals surface area contributed by atoms with E-state index in [0.29, 0.717) is 29.6 Å². The molecule has 1 amide bonds. The van der Waals surface area contributed by atoms with Gasteiger partial charge in [-0.05, 0) is 56.0 Å². The molecule has 0 atom stereocenters. The van der Waals surface area contributed by atoms with Gasteiger partial charge in [0.15, 0.2) is 5.65 Å². The largest absolute Gasteiger partial charge is 0.465 e. The molecule has 0 saturated carbocycles. The maximum Gasteiger partial charge on any atom is 0.337 e. The fourth-order valence-electron chi connectivity index (χ4n) is 4.58. The molecule has 0 spiro atoms. The van der Waals surface area contributed by atoms with Gasteiger partial charge in [0, 0.05) is 30.9 Å². The van der Waals surface area contributed by atoms with Crippen LogP contribution in [-0.4, -0.2) is 40.1 Å². The van der Waals surface area contributed by atoms with Crippen LogP contribution < -0.4 is 4.90 Å².